The first-order valence-electron chi connectivity index (χ1n) is 6.10. The summed E-state index contributed by atoms with van der Waals surface area (Å²) in [6.45, 7) is 5.15. The Morgan fingerprint density at radius 2 is 1.75 bits per heavy atom. The number of hydrogen-bond acceptors (Lipinski definition) is 5. The van der Waals surface area contributed by atoms with Crippen molar-refractivity contribution in [1.29, 1.82) is 0 Å². The van der Waals surface area contributed by atoms with Crippen molar-refractivity contribution >= 4 is 12.1 Å². The molecule has 0 saturated carbocycles. The van der Waals surface area contributed by atoms with Crippen LogP contribution in [0.4, 0.5) is 4.79 Å². The molecular formula is C14H18N2O4. The number of carbonyl (C=O) groups excluding carboxylic acids is 2. The molecule has 0 aliphatic carbocycles. The van der Waals surface area contributed by atoms with Gasteiger partial charge in [0.1, 0.15) is 5.60 Å². The van der Waals surface area contributed by atoms with Crippen LogP contribution in [0.1, 0.15) is 32.4 Å². The molecule has 1 rings (SSSR count). The number of azo groups is 1. The van der Waals surface area contributed by atoms with E-state index in [1.54, 1.807) is 45.0 Å². The van der Waals surface area contributed by atoms with Gasteiger partial charge < -0.3 is 9.47 Å². The van der Waals surface area contributed by atoms with Gasteiger partial charge in [-0.2, -0.15) is 5.11 Å². The van der Waals surface area contributed by atoms with Crippen LogP contribution >= 0.6 is 0 Å². The topological polar surface area (TPSA) is 77.3 Å². The minimum atomic E-state index is -0.978. The zero-order chi connectivity index (χ0) is 15.2. The van der Waals surface area contributed by atoms with Gasteiger partial charge in [0, 0.05) is 0 Å². The molecule has 6 nitrogen and oxygen atoms in total. The van der Waals surface area contributed by atoms with Gasteiger partial charge in [-0.15, -0.1) is 0 Å². The fourth-order valence-electron chi connectivity index (χ4n) is 1.38. The van der Waals surface area contributed by atoms with Gasteiger partial charge in [-0.25, -0.2) is 9.59 Å². The Morgan fingerprint density at radius 1 is 1.15 bits per heavy atom. The number of nitrogens with zero attached hydrogens (tertiary/aromatic N) is 2. The monoisotopic (exact) mass is 278 g/mol. The summed E-state index contributed by atoms with van der Waals surface area (Å²) in [5.41, 5.74) is -0.0736. The van der Waals surface area contributed by atoms with Crippen LogP contribution in [0.25, 0.3) is 0 Å². The SMILES string of the molecule is COC(=O)C(N=NC(=O)OC(C)(C)C)c1ccccc1. The standard InChI is InChI=1S/C14H18N2O4/c1-14(2,3)20-13(18)16-15-11(12(17)19-4)10-8-6-5-7-9-10/h5-9,11H,1-4H3. The number of ether oxygens (including phenoxy) is 2. The Hall–Kier alpha value is -2.24. The van der Waals surface area contributed by atoms with Crippen molar-refractivity contribution in [3.05, 3.63) is 35.9 Å². The summed E-state index contributed by atoms with van der Waals surface area (Å²) in [4.78, 5) is 23.2. The molecule has 0 heterocycles. The Bertz CT molecular complexity index is 492. The molecule has 0 aliphatic rings. The molecule has 20 heavy (non-hydrogen) atoms. The van der Waals surface area contributed by atoms with Gasteiger partial charge in [0.25, 0.3) is 0 Å². The van der Waals surface area contributed by atoms with Crippen LogP contribution in [0.2, 0.25) is 0 Å². The summed E-state index contributed by atoms with van der Waals surface area (Å²) in [6, 6.07) is 7.75. The smallest absolute Gasteiger partial charge is 0.452 e. The highest BCUT2D eigenvalue weighted by Crippen LogP contribution is 2.19. The quantitative estimate of drug-likeness (QED) is 0.628. The van der Waals surface area contributed by atoms with Crippen molar-refractivity contribution in [2.45, 2.75) is 32.4 Å². The number of carbonyl (C=O) groups is 2. The maximum atomic E-state index is 11.7. The average Bonchev–Trinajstić information content (AvgIpc) is 2.37. The molecule has 1 aromatic carbocycles. The Labute approximate surface area is 117 Å². The van der Waals surface area contributed by atoms with E-state index in [2.05, 4.69) is 15.0 Å². The first-order valence-corrected chi connectivity index (χ1v) is 6.10. The van der Waals surface area contributed by atoms with Gasteiger partial charge in [-0.3, -0.25) is 0 Å². The summed E-state index contributed by atoms with van der Waals surface area (Å²) in [5, 5.41) is 7.14. The third-order valence-electron chi connectivity index (χ3n) is 2.19. The van der Waals surface area contributed by atoms with Gasteiger partial charge in [0.2, 0.25) is 0 Å². The molecule has 1 aromatic rings. The lowest BCUT2D eigenvalue weighted by Crippen LogP contribution is -2.22. The molecule has 0 radical (unpaired) electrons. The second-order valence-electron chi connectivity index (χ2n) is 5.03. The van der Waals surface area contributed by atoms with Gasteiger partial charge in [-0.05, 0) is 26.3 Å². The van der Waals surface area contributed by atoms with E-state index >= 15 is 0 Å². The van der Waals surface area contributed by atoms with E-state index in [-0.39, 0.29) is 0 Å². The van der Waals surface area contributed by atoms with Crippen LogP contribution in [0.5, 0.6) is 0 Å². The number of esters is 1. The van der Waals surface area contributed by atoms with E-state index in [1.807, 2.05) is 6.07 Å². The minimum absolute atomic E-state index is 0.589. The first kappa shape index (κ1) is 15.8. The van der Waals surface area contributed by atoms with E-state index < -0.39 is 23.7 Å². The Balaban J connectivity index is 2.87. The lowest BCUT2D eigenvalue weighted by atomic mass is 10.1. The molecule has 0 spiro atoms. The van der Waals surface area contributed by atoms with Crippen molar-refractivity contribution in [3.63, 3.8) is 0 Å². The second-order valence-corrected chi connectivity index (χ2v) is 5.03. The zero-order valence-corrected chi connectivity index (χ0v) is 12.0. The van der Waals surface area contributed by atoms with E-state index in [4.69, 9.17) is 4.74 Å². The van der Waals surface area contributed by atoms with Crippen molar-refractivity contribution in [2.75, 3.05) is 7.11 Å². The summed E-state index contributed by atoms with van der Waals surface area (Å²) < 4.78 is 9.64. The maximum Gasteiger partial charge on any atom is 0.452 e. The highest BCUT2D eigenvalue weighted by Gasteiger charge is 2.22. The third kappa shape index (κ3) is 5.17. The van der Waals surface area contributed by atoms with Crippen LogP contribution in [0.15, 0.2) is 40.6 Å². The van der Waals surface area contributed by atoms with Gasteiger partial charge >= 0.3 is 12.1 Å². The molecule has 6 heteroatoms. The second kappa shape index (κ2) is 6.79. The average molecular weight is 278 g/mol. The molecule has 1 unspecified atom stereocenters. The van der Waals surface area contributed by atoms with E-state index in [0.717, 1.165) is 0 Å². The van der Waals surface area contributed by atoms with E-state index in [1.165, 1.54) is 7.11 Å². The highest BCUT2D eigenvalue weighted by atomic mass is 16.6. The molecule has 1 atom stereocenters. The molecule has 0 fully saturated rings. The largest absolute Gasteiger partial charge is 0.467 e. The lowest BCUT2D eigenvalue weighted by molar-refractivity contribution is -0.142. The Morgan fingerprint density at radius 3 is 2.25 bits per heavy atom. The number of benzene rings is 1. The lowest BCUT2D eigenvalue weighted by Gasteiger charge is -2.17. The molecule has 0 aliphatic heterocycles. The van der Waals surface area contributed by atoms with Gasteiger partial charge in [-0.1, -0.05) is 35.4 Å². The number of methoxy groups -OCH3 is 1. The fourth-order valence-corrected chi connectivity index (χ4v) is 1.38. The van der Waals surface area contributed by atoms with Crippen LogP contribution in [0.3, 0.4) is 0 Å². The minimum Gasteiger partial charge on any atom is -0.467 e. The predicted molar refractivity (Wildman–Crippen MR) is 72.3 cm³/mol. The molecule has 0 bridgehead atoms. The van der Waals surface area contributed by atoms with Crippen LogP contribution < -0.4 is 0 Å². The summed E-state index contributed by atoms with van der Waals surface area (Å²) in [6.07, 6.45) is -0.845. The maximum absolute atomic E-state index is 11.7. The van der Waals surface area contributed by atoms with Crippen molar-refractivity contribution < 1.29 is 19.1 Å². The van der Waals surface area contributed by atoms with Crippen LogP contribution in [-0.2, 0) is 14.3 Å². The first-order chi connectivity index (χ1) is 9.33. The van der Waals surface area contributed by atoms with E-state index in [9.17, 15) is 9.59 Å². The predicted octanol–water partition coefficient (Wildman–Crippen LogP) is 3.29. The zero-order valence-electron chi connectivity index (χ0n) is 12.0. The molecule has 0 saturated heterocycles. The van der Waals surface area contributed by atoms with Crippen LogP contribution in [0, 0.1) is 0 Å². The summed E-state index contributed by atoms with van der Waals surface area (Å²) in [7, 11) is 1.25. The highest BCUT2D eigenvalue weighted by molar-refractivity contribution is 5.78. The molecular weight excluding hydrogens is 260 g/mol. The molecule has 108 valence electrons. The van der Waals surface area contributed by atoms with Crippen molar-refractivity contribution in [3.8, 4) is 0 Å². The molecule has 1 amide bonds. The third-order valence-corrected chi connectivity index (χ3v) is 2.19. The number of hydrogen-bond donors (Lipinski definition) is 0. The van der Waals surface area contributed by atoms with Gasteiger partial charge in [0.15, 0.2) is 6.04 Å². The van der Waals surface area contributed by atoms with Gasteiger partial charge in [0.05, 0.1) is 7.11 Å². The summed E-state index contributed by atoms with van der Waals surface area (Å²) >= 11 is 0. The van der Waals surface area contributed by atoms with Crippen molar-refractivity contribution in [1.82, 2.24) is 0 Å². The van der Waals surface area contributed by atoms with Crippen LogP contribution in [-0.4, -0.2) is 24.8 Å². The number of rotatable bonds is 3. The normalized spacial score (nSPS) is 13.0. The molecule has 0 N–H and O–H groups in total. The Kier molecular flexibility index (Phi) is 5.37. The van der Waals surface area contributed by atoms with E-state index in [0.29, 0.717) is 5.56 Å². The fraction of sp³-hybridized carbons (Fsp3) is 0.429. The summed E-state index contributed by atoms with van der Waals surface area (Å²) in [5.74, 6) is -0.594. The van der Waals surface area contributed by atoms with Crippen molar-refractivity contribution in [2.24, 2.45) is 10.2 Å². The molecule has 0 aromatic heterocycles. The number of amides is 1.